The van der Waals surface area contributed by atoms with E-state index in [2.05, 4.69) is 23.7 Å². The van der Waals surface area contributed by atoms with Crippen LogP contribution in [0, 0.1) is 11.8 Å². The van der Waals surface area contributed by atoms with E-state index < -0.39 is 0 Å². The third kappa shape index (κ3) is 5.34. The minimum Gasteiger partial charge on any atom is -0.496 e. The Hall–Kier alpha value is -1.90. The van der Waals surface area contributed by atoms with Crippen molar-refractivity contribution in [2.75, 3.05) is 41.6 Å². The summed E-state index contributed by atoms with van der Waals surface area (Å²) < 4.78 is 21.6. The zero-order chi connectivity index (χ0) is 17.2. The highest BCUT2D eigenvalue weighted by molar-refractivity contribution is 5.50. The summed E-state index contributed by atoms with van der Waals surface area (Å²) >= 11 is 0. The van der Waals surface area contributed by atoms with Crippen LogP contribution < -0.4 is 14.2 Å². The van der Waals surface area contributed by atoms with Gasteiger partial charge in [0.2, 0.25) is 0 Å². The maximum Gasteiger partial charge on any atom is 0.130 e. The van der Waals surface area contributed by atoms with E-state index in [1.807, 2.05) is 19.1 Å². The van der Waals surface area contributed by atoms with E-state index in [-0.39, 0.29) is 6.04 Å². The second-order valence-electron chi connectivity index (χ2n) is 5.04. The van der Waals surface area contributed by atoms with Crippen LogP contribution in [0.25, 0.3) is 0 Å². The molecular weight excluding hydrogens is 294 g/mol. The molecule has 0 heterocycles. The summed E-state index contributed by atoms with van der Waals surface area (Å²) in [6, 6.07) is 3.83. The molecule has 5 nitrogen and oxygen atoms in total. The van der Waals surface area contributed by atoms with E-state index in [9.17, 15) is 0 Å². The van der Waals surface area contributed by atoms with Crippen LogP contribution >= 0.6 is 0 Å². The molecular formula is C18H27NO4. The summed E-state index contributed by atoms with van der Waals surface area (Å²) in [5.41, 5.74) is 0.969. The van der Waals surface area contributed by atoms with E-state index in [0.717, 1.165) is 23.6 Å². The molecule has 23 heavy (non-hydrogen) atoms. The Kier molecular flexibility index (Phi) is 8.31. The molecule has 0 fully saturated rings. The highest BCUT2D eigenvalue weighted by Crippen LogP contribution is 2.35. The van der Waals surface area contributed by atoms with Gasteiger partial charge in [0.15, 0.2) is 0 Å². The molecule has 0 N–H and O–H groups in total. The number of methoxy groups -OCH3 is 4. The fraction of sp³-hybridized carbons (Fsp3) is 0.556. The molecule has 0 bridgehead atoms. The maximum absolute atomic E-state index is 5.52. The molecule has 0 aromatic heterocycles. The van der Waals surface area contributed by atoms with Crippen LogP contribution in [0.2, 0.25) is 0 Å². The van der Waals surface area contributed by atoms with Gasteiger partial charge in [-0.3, -0.25) is 4.90 Å². The van der Waals surface area contributed by atoms with Crippen LogP contribution in [0.15, 0.2) is 12.1 Å². The van der Waals surface area contributed by atoms with Gasteiger partial charge in [-0.25, -0.2) is 0 Å². The predicted octanol–water partition coefficient (Wildman–Crippen LogP) is 2.57. The van der Waals surface area contributed by atoms with Gasteiger partial charge in [-0.05, 0) is 13.8 Å². The normalized spacial score (nSPS) is 11.6. The first kappa shape index (κ1) is 19.1. The molecule has 1 aromatic rings. The fourth-order valence-electron chi connectivity index (χ4n) is 2.36. The number of hydrogen-bond donors (Lipinski definition) is 0. The quantitative estimate of drug-likeness (QED) is 0.654. The van der Waals surface area contributed by atoms with Gasteiger partial charge in [0.05, 0.1) is 39.5 Å². The molecule has 0 aliphatic rings. The van der Waals surface area contributed by atoms with E-state index in [1.54, 1.807) is 28.4 Å². The van der Waals surface area contributed by atoms with Crippen molar-refractivity contribution in [2.45, 2.75) is 26.4 Å². The third-order valence-electron chi connectivity index (χ3n) is 3.66. The standard InChI is InChI=1S/C18H27NO4/c1-7-8-14(2)19(9-10-20-3)13-16-17(22-5)11-15(21-4)12-18(16)23-6/h11-12,14H,9-10,13H2,1-6H3. The number of rotatable bonds is 9. The molecule has 0 amide bonds. The Balaban J connectivity index is 3.16. The zero-order valence-electron chi connectivity index (χ0n) is 14.9. The second kappa shape index (κ2) is 9.98. The highest BCUT2D eigenvalue weighted by atomic mass is 16.5. The van der Waals surface area contributed by atoms with Gasteiger partial charge in [0.1, 0.15) is 17.2 Å². The molecule has 128 valence electrons. The average molecular weight is 321 g/mol. The summed E-state index contributed by atoms with van der Waals surface area (Å²) in [5.74, 6) is 8.33. The van der Waals surface area contributed by atoms with Gasteiger partial charge >= 0.3 is 0 Å². The van der Waals surface area contributed by atoms with Crippen molar-refractivity contribution in [3.8, 4) is 29.1 Å². The van der Waals surface area contributed by atoms with Crippen molar-refractivity contribution < 1.29 is 18.9 Å². The molecule has 1 atom stereocenters. The number of hydrogen-bond acceptors (Lipinski definition) is 5. The smallest absolute Gasteiger partial charge is 0.130 e. The predicted molar refractivity (Wildman–Crippen MR) is 91.3 cm³/mol. The fourth-order valence-corrected chi connectivity index (χ4v) is 2.36. The monoisotopic (exact) mass is 321 g/mol. The van der Waals surface area contributed by atoms with Gasteiger partial charge in [-0.1, -0.05) is 5.92 Å². The van der Waals surface area contributed by atoms with Gasteiger partial charge in [0.25, 0.3) is 0 Å². The topological polar surface area (TPSA) is 40.2 Å². The van der Waals surface area contributed by atoms with E-state index in [1.165, 1.54) is 0 Å². The molecule has 0 radical (unpaired) electrons. The van der Waals surface area contributed by atoms with Gasteiger partial charge in [0, 0.05) is 32.3 Å². The first-order valence-corrected chi connectivity index (χ1v) is 7.55. The summed E-state index contributed by atoms with van der Waals surface area (Å²) in [6.45, 7) is 5.98. The molecule has 1 rings (SSSR count). The van der Waals surface area contributed by atoms with Gasteiger partial charge in [-0.15, -0.1) is 5.92 Å². The summed E-state index contributed by atoms with van der Waals surface area (Å²) in [7, 11) is 6.61. The minimum atomic E-state index is 0.103. The molecule has 1 aromatic carbocycles. The average Bonchev–Trinajstić information content (AvgIpc) is 2.58. The van der Waals surface area contributed by atoms with Crippen LogP contribution in [0.5, 0.6) is 17.2 Å². The number of ether oxygens (including phenoxy) is 4. The summed E-state index contributed by atoms with van der Waals surface area (Å²) in [4.78, 5) is 2.23. The lowest BCUT2D eigenvalue weighted by molar-refractivity contribution is 0.133. The van der Waals surface area contributed by atoms with Crippen LogP contribution in [0.3, 0.4) is 0 Å². The Morgan fingerprint density at radius 2 is 1.65 bits per heavy atom. The first-order valence-electron chi connectivity index (χ1n) is 7.55. The van der Waals surface area contributed by atoms with Crippen molar-refractivity contribution in [3.05, 3.63) is 17.7 Å². The minimum absolute atomic E-state index is 0.103. The van der Waals surface area contributed by atoms with E-state index >= 15 is 0 Å². The Bertz CT molecular complexity index is 523. The second-order valence-corrected chi connectivity index (χ2v) is 5.04. The van der Waals surface area contributed by atoms with Crippen LogP contribution in [0.1, 0.15) is 19.4 Å². The Morgan fingerprint density at radius 3 is 2.09 bits per heavy atom. The van der Waals surface area contributed by atoms with Crippen molar-refractivity contribution in [1.82, 2.24) is 4.90 Å². The van der Waals surface area contributed by atoms with E-state index in [4.69, 9.17) is 18.9 Å². The first-order chi connectivity index (χ1) is 11.1. The maximum atomic E-state index is 5.52. The lowest BCUT2D eigenvalue weighted by Gasteiger charge is -2.27. The lowest BCUT2D eigenvalue weighted by atomic mass is 10.1. The van der Waals surface area contributed by atoms with Gasteiger partial charge < -0.3 is 18.9 Å². The highest BCUT2D eigenvalue weighted by Gasteiger charge is 2.19. The SMILES string of the molecule is CC#CC(C)N(CCOC)Cc1c(OC)cc(OC)cc1OC. The van der Waals surface area contributed by atoms with Crippen molar-refractivity contribution in [3.63, 3.8) is 0 Å². The third-order valence-corrected chi connectivity index (χ3v) is 3.66. The van der Waals surface area contributed by atoms with Crippen LogP contribution in [-0.4, -0.2) is 52.5 Å². The zero-order valence-corrected chi connectivity index (χ0v) is 14.9. The van der Waals surface area contributed by atoms with Crippen molar-refractivity contribution in [1.29, 1.82) is 0 Å². The lowest BCUT2D eigenvalue weighted by Crippen LogP contribution is -2.34. The molecule has 0 spiro atoms. The Morgan fingerprint density at radius 1 is 1.04 bits per heavy atom. The largest absolute Gasteiger partial charge is 0.496 e. The molecule has 0 aliphatic carbocycles. The van der Waals surface area contributed by atoms with Crippen LogP contribution in [-0.2, 0) is 11.3 Å². The Labute approximate surface area is 139 Å². The van der Waals surface area contributed by atoms with Crippen molar-refractivity contribution >= 4 is 0 Å². The summed E-state index contributed by atoms with van der Waals surface area (Å²) in [5, 5.41) is 0. The molecule has 1 unspecified atom stereocenters. The van der Waals surface area contributed by atoms with Crippen molar-refractivity contribution in [2.24, 2.45) is 0 Å². The van der Waals surface area contributed by atoms with Gasteiger partial charge in [-0.2, -0.15) is 0 Å². The number of benzene rings is 1. The molecule has 5 heteroatoms. The van der Waals surface area contributed by atoms with Crippen LogP contribution in [0.4, 0.5) is 0 Å². The summed E-state index contributed by atoms with van der Waals surface area (Å²) in [6.07, 6.45) is 0. The number of nitrogens with zero attached hydrogens (tertiary/aromatic N) is 1. The van der Waals surface area contributed by atoms with E-state index in [0.29, 0.717) is 18.9 Å². The molecule has 0 aliphatic heterocycles. The molecule has 0 saturated heterocycles. The molecule has 0 saturated carbocycles.